The fraction of sp³-hybridized carbons (Fsp3) is 0.318. The van der Waals surface area contributed by atoms with E-state index in [2.05, 4.69) is 16.7 Å². The average Bonchev–Trinajstić information content (AvgIpc) is 2.73. The van der Waals surface area contributed by atoms with E-state index >= 15 is 0 Å². The molecule has 1 saturated carbocycles. The van der Waals surface area contributed by atoms with Gasteiger partial charge in [-0.25, -0.2) is 0 Å². The number of anilines is 1. The first kappa shape index (κ1) is 20.0. The van der Waals surface area contributed by atoms with Crippen LogP contribution in [-0.2, 0) is 4.79 Å². The van der Waals surface area contributed by atoms with Gasteiger partial charge in [0.15, 0.2) is 0 Å². The highest BCUT2D eigenvalue weighted by atomic mass is 32.2. The molecule has 28 heavy (non-hydrogen) atoms. The maximum absolute atomic E-state index is 12.7. The molecular formula is C22H23N3O2S. The molecule has 2 N–H and O–H groups in total. The van der Waals surface area contributed by atoms with Gasteiger partial charge in [-0.2, -0.15) is 5.26 Å². The van der Waals surface area contributed by atoms with Crippen molar-refractivity contribution in [3.05, 3.63) is 59.7 Å². The first-order valence-corrected chi connectivity index (χ1v) is 10.5. The average molecular weight is 394 g/mol. The standard InChI is InChI=1S/C22H23N3O2S/c23-14-16-7-6-10-18(13-16)24-21(26)15-28-20-12-5-4-11-19(20)22(27)25-17-8-2-1-3-9-17/h4-7,10-13,17H,1-3,8-9,15H2,(H,24,26)(H,25,27). The molecule has 2 aromatic carbocycles. The summed E-state index contributed by atoms with van der Waals surface area (Å²) in [5.74, 6) is -0.0652. The second-order valence-electron chi connectivity index (χ2n) is 6.83. The van der Waals surface area contributed by atoms with E-state index in [1.54, 1.807) is 30.3 Å². The smallest absolute Gasteiger partial charge is 0.252 e. The van der Waals surface area contributed by atoms with Crippen molar-refractivity contribution in [3.63, 3.8) is 0 Å². The molecule has 144 valence electrons. The molecule has 0 atom stereocenters. The molecule has 0 saturated heterocycles. The molecule has 0 radical (unpaired) electrons. The van der Waals surface area contributed by atoms with Crippen LogP contribution in [0, 0.1) is 11.3 Å². The van der Waals surface area contributed by atoms with Gasteiger partial charge in [0.1, 0.15) is 0 Å². The fourth-order valence-corrected chi connectivity index (χ4v) is 4.15. The molecule has 0 aliphatic heterocycles. The van der Waals surface area contributed by atoms with Gasteiger partial charge >= 0.3 is 0 Å². The Bertz CT molecular complexity index is 885. The number of carbonyl (C=O) groups is 2. The van der Waals surface area contributed by atoms with Crippen molar-refractivity contribution in [2.45, 2.75) is 43.0 Å². The Balaban J connectivity index is 1.58. The van der Waals surface area contributed by atoms with Crippen LogP contribution >= 0.6 is 11.8 Å². The summed E-state index contributed by atoms with van der Waals surface area (Å²) in [5, 5.41) is 14.9. The lowest BCUT2D eigenvalue weighted by atomic mass is 9.95. The number of nitrogens with zero attached hydrogens (tertiary/aromatic N) is 1. The van der Waals surface area contributed by atoms with Gasteiger partial charge in [0.25, 0.3) is 5.91 Å². The van der Waals surface area contributed by atoms with E-state index in [1.807, 2.05) is 18.2 Å². The summed E-state index contributed by atoms with van der Waals surface area (Å²) in [6.07, 6.45) is 5.63. The van der Waals surface area contributed by atoms with Crippen molar-refractivity contribution >= 4 is 29.3 Å². The summed E-state index contributed by atoms with van der Waals surface area (Å²) in [5.41, 5.74) is 1.69. The van der Waals surface area contributed by atoms with Crippen LogP contribution in [0.3, 0.4) is 0 Å². The highest BCUT2D eigenvalue weighted by Crippen LogP contribution is 2.24. The maximum Gasteiger partial charge on any atom is 0.252 e. The molecule has 0 aromatic heterocycles. The summed E-state index contributed by atoms with van der Waals surface area (Å²) < 4.78 is 0. The van der Waals surface area contributed by atoms with Crippen LogP contribution in [0.1, 0.15) is 48.0 Å². The van der Waals surface area contributed by atoms with Gasteiger partial charge in [-0.15, -0.1) is 11.8 Å². The van der Waals surface area contributed by atoms with Crippen LogP contribution in [0.4, 0.5) is 5.69 Å². The van der Waals surface area contributed by atoms with Gasteiger partial charge in [-0.1, -0.05) is 37.5 Å². The molecule has 0 unspecified atom stereocenters. The molecule has 0 heterocycles. The number of rotatable bonds is 6. The molecule has 2 aromatic rings. The predicted molar refractivity (Wildman–Crippen MR) is 111 cm³/mol. The van der Waals surface area contributed by atoms with Crippen LogP contribution in [0.2, 0.25) is 0 Å². The number of carbonyl (C=O) groups excluding carboxylic acids is 2. The lowest BCUT2D eigenvalue weighted by Gasteiger charge is -2.23. The number of benzene rings is 2. The van der Waals surface area contributed by atoms with Crippen molar-refractivity contribution in [2.24, 2.45) is 0 Å². The zero-order valence-electron chi connectivity index (χ0n) is 15.6. The summed E-state index contributed by atoms with van der Waals surface area (Å²) >= 11 is 1.34. The van der Waals surface area contributed by atoms with Crippen molar-refractivity contribution in [1.82, 2.24) is 5.32 Å². The first-order chi connectivity index (χ1) is 13.7. The van der Waals surface area contributed by atoms with E-state index in [4.69, 9.17) is 5.26 Å². The third kappa shape index (κ3) is 5.61. The van der Waals surface area contributed by atoms with E-state index < -0.39 is 0 Å². The molecule has 5 nitrogen and oxygen atoms in total. The second-order valence-corrected chi connectivity index (χ2v) is 7.85. The fourth-order valence-electron chi connectivity index (χ4n) is 3.30. The van der Waals surface area contributed by atoms with E-state index in [0.29, 0.717) is 16.8 Å². The minimum atomic E-state index is -0.178. The largest absolute Gasteiger partial charge is 0.349 e. The van der Waals surface area contributed by atoms with Crippen molar-refractivity contribution < 1.29 is 9.59 Å². The Morgan fingerprint density at radius 1 is 1.07 bits per heavy atom. The number of nitrogens with one attached hydrogen (secondary N) is 2. The van der Waals surface area contributed by atoms with Gasteiger partial charge in [0, 0.05) is 16.6 Å². The zero-order chi connectivity index (χ0) is 19.8. The Kier molecular flexibility index (Phi) is 7.10. The van der Waals surface area contributed by atoms with Gasteiger partial charge in [0.05, 0.1) is 22.9 Å². The van der Waals surface area contributed by atoms with Crippen LogP contribution in [-0.4, -0.2) is 23.6 Å². The minimum absolute atomic E-state index is 0.0721. The number of hydrogen-bond acceptors (Lipinski definition) is 4. The number of nitriles is 1. The minimum Gasteiger partial charge on any atom is -0.349 e. The monoisotopic (exact) mass is 393 g/mol. The lowest BCUT2D eigenvalue weighted by molar-refractivity contribution is -0.113. The van der Waals surface area contributed by atoms with Crippen LogP contribution in [0.5, 0.6) is 0 Å². The number of hydrogen-bond donors (Lipinski definition) is 2. The van der Waals surface area contributed by atoms with Crippen molar-refractivity contribution in [2.75, 3.05) is 11.1 Å². The van der Waals surface area contributed by atoms with Crippen LogP contribution < -0.4 is 10.6 Å². The Morgan fingerprint density at radius 2 is 1.86 bits per heavy atom. The molecule has 0 spiro atoms. The van der Waals surface area contributed by atoms with Gasteiger partial charge in [0.2, 0.25) is 5.91 Å². The maximum atomic E-state index is 12.7. The molecule has 2 amide bonds. The van der Waals surface area contributed by atoms with Crippen LogP contribution in [0.15, 0.2) is 53.4 Å². The topological polar surface area (TPSA) is 82.0 Å². The Hall–Kier alpha value is -2.78. The van der Waals surface area contributed by atoms with Gasteiger partial charge < -0.3 is 10.6 Å². The zero-order valence-corrected chi connectivity index (χ0v) is 16.4. The van der Waals surface area contributed by atoms with E-state index in [9.17, 15) is 9.59 Å². The number of thioether (sulfide) groups is 1. The molecule has 3 rings (SSSR count). The van der Waals surface area contributed by atoms with Crippen LogP contribution in [0.25, 0.3) is 0 Å². The quantitative estimate of drug-likeness (QED) is 0.715. The SMILES string of the molecule is N#Cc1cccc(NC(=O)CSc2ccccc2C(=O)NC2CCCCC2)c1. The molecule has 1 fully saturated rings. The van der Waals surface area contributed by atoms with Crippen molar-refractivity contribution in [3.8, 4) is 6.07 Å². The summed E-state index contributed by atoms with van der Waals surface area (Å²) in [4.78, 5) is 25.7. The van der Waals surface area contributed by atoms with E-state index in [0.717, 1.165) is 30.6 Å². The third-order valence-corrected chi connectivity index (χ3v) is 5.78. The normalized spacial score (nSPS) is 14.1. The summed E-state index contributed by atoms with van der Waals surface area (Å²) in [6, 6.07) is 16.5. The molecule has 1 aliphatic rings. The molecule has 1 aliphatic carbocycles. The highest BCUT2D eigenvalue weighted by molar-refractivity contribution is 8.00. The summed E-state index contributed by atoms with van der Waals surface area (Å²) in [7, 11) is 0. The molecule has 6 heteroatoms. The number of amides is 2. The molecular weight excluding hydrogens is 370 g/mol. The van der Waals surface area contributed by atoms with Gasteiger partial charge in [-0.3, -0.25) is 9.59 Å². The van der Waals surface area contributed by atoms with Crippen molar-refractivity contribution in [1.29, 1.82) is 5.26 Å². The van der Waals surface area contributed by atoms with Gasteiger partial charge in [-0.05, 0) is 43.2 Å². The third-order valence-electron chi connectivity index (χ3n) is 4.71. The lowest BCUT2D eigenvalue weighted by Crippen LogP contribution is -2.36. The first-order valence-electron chi connectivity index (χ1n) is 9.48. The Labute approximate surface area is 169 Å². The Morgan fingerprint density at radius 3 is 2.64 bits per heavy atom. The predicted octanol–water partition coefficient (Wildman–Crippen LogP) is 4.35. The molecule has 0 bridgehead atoms. The summed E-state index contributed by atoms with van der Waals surface area (Å²) in [6.45, 7) is 0. The van der Waals surface area contributed by atoms with E-state index in [-0.39, 0.29) is 23.6 Å². The highest BCUT2D eigenvalue weighted by Gasteiger charge is 2.19. The van der Waals surface area contributed by atoms with E-state index in [1.165, 1.54) is 18.2 Å². The second kappa shape index (κ2) is 9.95.